The fourth-order valence-corrected chi connectivity index (χ4v) is 6.61. The molecule has 0 bridgehead atoms. The van der Waals surface area contributed by atoms with E-state index in [2.05, 4.69) is 0 Å². The molecule has 1 fully saturated rings. The molecule has 0 saturated heterocycles. The van der Waals surface area contributed by atoms with Gasteiger partial charge in [0, 0.05) is 18.4 Å². The second-order valence-electron chi connectivity index (χ2n) is 10.5. The number of ketones is 2. The summed E-state index contributed by atoms with van der Waals surface area (Å²) in [5.74, 6) is -0.0895. The minimum Gasteiger partial charge on any atom is -0.491 e. The third-order valence-corrected chi connectivity index (χ3v) is 8.88. The van der Waals surface area contributed by atoms with Crippen molar-refractivity contribution in [3.8, 4) is 5.75 Å². The number of Topliss-reactive ketones (excluding diaryl/α,β-unsaturated/α-hetero) is 2. The Morgan fingerprint density at radius 2 is 1.64 bits per heavy atom. The van der Waals surface area contributed by atoms with Gasteiger partial charge in [0.05, 0.1) is 24.6 Å². The highest BCUT2D eigenvalue weighted by atomic mass is 16.5. The lowest BCUT2D eigenvalue weighted by molar-refractivity contribution is -0.151. The van der Waals surface area contributed by atoms with Crippen molar-refractivity contribution in [2.45, 2.75) is 52.6 Å². The fraction of sp³-hybridized carbons (Fsp3) is 0.481. The van der Waals surface area contributed by atoms with E-state index in [0.29, 0.717) is 16.9 Å². The first kappa shape index (κ1) is 24.2. The van der Waals surface area contributed by atoms with Crippen LogP contribution in [0.1, 0.15) is 51.6 Å². The summed E-state index contributed by atoms with van der Waals surface area (Å²) in [5.41, 5.74) is -0.431. The molecule has 0 amide bonds. The molecule has 36 heavy (non-hydrogen) atoms. The Hall–Kier alpha value is -3.46. The first-order chi connectivity index (χ1) is 17.0. The van der Waals surface area contributed by atoms with Gasteiger partial charge in [0.1, 0.15) is 12.4 Å². The molecule has 2 aliphatic carbocycles. The first-order valence-electron chi connectivity index (χ1n) is 12.2. The molecule has 3 aliphatic rings. The summed E-state index contributed by atoms with van der Waals surface area (Å²) in [6.07, 6.45) is 2.18. The molecule has 0 radical (unpaired) electrons. The Morgan fingerprint density at radius 1 is 1.00 bits per heavy atom. The van der Waals surface area contributed by atoms with Gasteiger partial charge in [-0.3, -0.25) is 9.59 Å². The van der Waals surface area contributed by atoms with E-state index in [-0.39, 0.29) is 37.7 Å². The number of rotatable bonds is 4. The van der Waals surface area contributed by atoms with Crippen molar-refractivity contribution < 1.29 is 19.4 Å². The summed E-state index contributed by atoms with van der Waals surface area (Å²) < 4.78 is 9.48. The highest BCUT2D eigenvalue weighted by Gasteiger charge is 2.66. The molecule has 4 atom stereocenters. The number of benzene rings is 1. The summed E-state index contributed by atoms with van der Waals surface area (Å²) in [7, 11) is 1.45. The molecule has 1 aliphatic heterocycles. The quantitative estimate of drug-likeness (QED) is 0.651. The number of aliphatic hydroxyl groups excluding tert-OH is 1. The highest BCUT2D eigenvalue weighted by Crippen LogP contribution is 2.66. The van der Waals surface area contributed by atoms with Gasteiger partial charge in [-0.15, -0.1) is 0 Å². The molecule has 0 unspecified atom stereocenters. The smallest absolute Gasteiger partial charge is 0.347 e. The second kappa shape index (κ2) is 8.03. The van der Waals surface area contributed by atoms with E-state index in [9.17, 15) is 19.2 Å². The number of fused-ring (bicyclic) bond motifs is 4. The summed E-state index contributed by atoms with van der Waals surface area (Å²) in [6.45, 7) is 7.37. The van der Waals surface area contributed by atoms with Crippen molar-refractivity contribution in [1.29, 1.82) is 0 Å². The average Bonchev–Trinajstić information content (AvgIpc) is 3.10. The molecule has 0 spiro atoms. The lowest BCUT2D eigenvalue weighted by Crippen LogP contribution is -2.61. The van der Waals surface area contributed by atoms with E-state index in [1.54, 1.807) is 26.0 Å². The number of carbonyl (C=O) groups is 2. The van der Waals surface area contributed by atoms with Gasteiger partial charge in [0.2, 0.25) is 0 Å². The maximum atomic E-state index is 14.1. The minimum atomic E-state index is -1.10. The van der Waals surface area contributed by atoms with Gasteiger partial charge in [-0.1, -0.05) is 32.1 Å². The molecule has 190 valence electrons. The van der Waals surface area contributed by atoms with Crippen molar-refractivity contribution in [3.05, 3.63) is 73.6 Å². The van der Waals surface area contributed by atoms with E-state index in [1.807, 2.05) is 32.1 Å². The third-order valence-electron chi connectivity index (χ3n) is 8.88. The monoisotopic (exact) mass is 493 g/mol. The summed E-state index contributed by atoms with van der Waals surface area (Å²) in [4.78, 5) is 53.9. The number of aromatic nitrogens is 3. The molecule has 1 N–H and O–H groups in total. The predicted molar refractivity (Wildman–Crippen MR) is 132 cm³/mol. The molecular formula is C27H31N3O6. The van der Waals surface area contributed by atoms with Crippen LogP contribution in [0.15, 0.2) is 56.6 Å². The van der Waals surface area contributed by atoms with Gasteiger partial charge in [-0.05, 0) is 54.7 Å². The van der Waals surface area contributed by atoms with Gasteiger partial charge >= 0.3 is 11.4 Å². The molecule has 1 aromatic carbocycles. The first-order valence-corrected chi connectivity index (χ1v) is 12.2. The molecule has 9 nitrogen and oxygen atoms in total. The number of hydrogen-bond acceptors (Lipinski definition) is 6. The molecule has 2 aromatic rings. The molecule has 2 heterocycles. The molecular weight excluding hydrogens is 462 g/mol. The fourth-order valence-electron chi connectivity index (χ4n) is 6.61. The molecule has 1 saturated carbocycles. The number of nitrogens with zero attached hydrogens (tertiary/aromatic N) is 3. The lowest BCUT2D eigenvalue weighted by atomic mass is 9.43. The number of hydrogen-bond donors (Lipinski definition) is 1. The maximum absolute atomic E-state index is 14.1. The van der Waals surface area contributed by atoms with Crippen LogP contribution >= 0.6 is 0 Å². The normalized spacial score (nSPS) is 29.4. The number of aliphatic hydroxyl groups is 1. The summed E-state index contributed by atoms with van der Waals surface area (Å²) in [6, 6.07) is 6.77. The second-order valence-corrected chi connectivity index (χ2v) is 10.5. The van der Waals surface area contributed by atoms with Crippen molar-refractivity contribution in [2.24, 2.45) is 17.9 Å². The number of carbonyl (C=O) groups excluding carboxylic acids is 2. The molecule has 5 rings (SSSR count). The zero-order valence-electron chi connectivity index (χ0n) is 21.2. The van der Waals surface area contributed by atoms with Crippen LogP contribution in [0.3, 0.4) is 0 Å². The van der Waals surface area contributed by atoms with E-state index < -0.39 is 34.2 Å². The van der Waals surface area contributed by atoms with E-state index in [1.165, 1.54) is 16.4 Å². The van der Waals surface area contributed by atoms with E-state index >= 15 is 0 Å². The standard InChI is InChI=1S/C27H31N3O6/c1-15-16(2)23(33)27(4)21(17-6-8-18(9-7-17)36-13-12-31)19-10-11-29-24(34)28(5)25(35)30(29)20(19)14-26(27,3)22(15)32/h6-10,20-21,31H,11-14H2,1-5H3/t20-,21+,26+,27-/m1/s1. The van der Waals surface area contributed by atoms with Crippen molar-refractivity contribution in [2.75, 3.05) is 13.2 Å². The van der Waals surface area contributed by atoms with E-state index in [4.69, 9.17) is 9.84 Å². The highest BCUT2D eigenvalue weighted by molar-refractivity contribution is 6.17. The Kier molecular flexibility index (Phi) is 5.41. The van der Waals surface area contributed by atoms with Crippen LogP contribution < -0.4 is 16.1 Å². The summed E-state index contributed by atoms with van der Waals surface area (Å²) >= 11 is 0. The maximum Gasteiger partial charge on any atom is 0.347 e. The topological polar surface area (TPSA) is 113 Å². The largest absolute Gasteiger partial charge is 0.491 e. The SMILES string of the molecule is CC1=C(C)C(=O)[C@@]2(C)[C@@H](c3ccc(OCCO)cc3)C3=CCn4c(=O)n(C)c(=O)n4[C@@H]3C[C@@]2(C)C1=O. The Balaban J connectivity index is 1.76. The molecule has 1 aromatic heterocycles. The number of ether oxygens (including phenoxy) is 1. The third kappa shape index (κ3) is 2.92. The van der Waals surface area contributed by atoms with Crippen LogP contribution in [0.4, 0.5) is 0 Å². The number of allylic oxidation sites excluding steroid dienone is 4. The predicted octanol–water partition coefficient (Wildman–Crippen LogP) is 1.89. The van der Waals surface area contributed by atoms with Crippen LogP contribution in [-0.4, -0.2) is 43.8 Å². The van der Waals surface area contributed by atoms with Crippen molar-refractivity contribution in [1.82, 2.24) is 13.9 Å². The minimum absolute atomic E-state index is 0.0737. The van der Waals surface area contributed by atoms with E-state index in [0.717, 1.165) is 15.7 Å². The Labute approximate surface area is 208 Å². The van der Waals surface area contributed by atoms with Crippen LogP contribution in [0.2, 0.25) is 0 Å². The van der Waals surface area contributed by atoms with Crippen LogP contribution in [-0.2, 0) is 23.2 Å². The lowest BCUT2D eigenvalue weighted by Gasteiger charge is -2.58. The van der Waals surface area contributed by atoms with Gasteiger partial charge in [-0.2, -0.15) is 0 Å². The van der Waals surface area contributed by atoms with Gasteiger partial charge in [0.15, 0.2) is 11.6 Å². The van der Waals surface area contributed by atoms with Gasteiger partial charge < -0.3 is 9.84 Å². The van der Waals surface area contributed by atoms with Crippen LogP contribution in [0.5, 0.6) is 5.75 Å². The zero-order chi connectivity index (χ0) is 26.2. The van der Waals surface area contributed by atoms with Gasteiger partial charge in [0.25, 0.3) is 0 Å². The van der Waals surface area contributed by atoms with Crippen LogP contribution in [0, 0.1) is 10.8 Å². The van der Waals surface area contributed by atoms with Gasteiger partial charge in [-0.25, -0.2) is 23.5 Å². The Morgan fingerprint density at radius 3 is 2.28 bits per heavy atom. The summed E-state index contributed by atoms with van der Waals surface area (Å²) in [5, 5.41) is 9.07. The molecule has 9 heteroatoms. The Bertz CT molecular complexity index is 1470. The zero-order valence-corrected chi connectivity index (χ0v) is 21.2. The van der Waals surface area contributed by atoms with Crippen molar-refractivity contribution >= 4 is 11.6 Å². The average molecular weight is 494 g/mol. The van der Waals surface area contributed by atoms with Crippen molar-refractivity contribution in [3.63, 3.8) is 0 Å². The van der Waals surface area contributed by atoms with Crippen LogP contribution in [0.25, 0.3) is 0 Å².